The fourth-order valence-electron chi connectivity index (χ4n) is 6.41. The predicted molar refractivity (Wildman–Crippen MR) is 176 cm³/mol. The lowest BCUT2D eigenvalue weighted by molar-refractivity contribution is 0.414. The molecule has 0 radical (unpaired) electrons. The molecule has 41 heavy (non-hydrogen) atoms. The Balaban J connectivity index is 1.59. The second kappa shape index (κ2) is 10.3. The molecule has 0 N–H and O–H groups in total. The lowest BCUT2D eigenvalue weighted by atomic mass is 10.1. The average Bonchev–Trinajstić information content (AvgIpc) is 3.37. The first-order valence-electron chi connectivity index (χ1n) is 14.1. The summed E-state index contributed by atoms with van der Waals surface area (Å²) >= 11 is 0. The molecule has 1 heterocycles. The molecule has 7 aromatic rings. The van der Waals surface area contributed by atoms with Crippen molar-refractivity contribution in [3.63, 3.8) is 0 Å². The first kappa shape index (κ1) is 25.1. The number of hydrogen-bond donors (Lipinski definition) is 0. The highest BCUT2D eigenvalue weighted by Gasteiger charge is 2.41. The Hall–Kier alpha value is -4.86. The number of rotatable bonds is 6. The predicted octanol–water partition coefficient (Wildman–Crippen LogP) is 6.48. The molecule has 198 valence electrons. The van der Waals surface area contributed by atoms with Crippen LogP contribution < -0.4 is 25.5 Å². The topological polar surface area (TPSA) is 14.2 Å². The zero-order valence-corrected chi connectivity index (χ0v) is 24.3. The van der Waals surface area contributed by atoms with Gasteiger partial charge in [0.15, 0.2) is 8.07 Å². The van der Waals surface area contributed by atoms with E-state index in [9.17, 15) is 0 Å². The summed E-state index contributed by atoms with van der Waals surface area (Å²) in [6.45, 7) is 2.16. The van der Waals surface area contributed by atoms with E-state index in [2.05, 4.69) is 157 Å². The van der Waals surface area contributed by atoms with Crippen molar-refractivity contribution in [1.29, 1.82) is 0 Å². The zero-order chi connectivity index (χ0) is 27.8. The Morgan fingerprint density at radius 2 is 1.07 bits per heavy atom. The van der Waals surface area contributed by atoms with Crippen molar-refractivity contribution in [2.75, 3.05) is 7.11 Å². The summed E-state index contributed by atoms with van der Waals surface area (Å²) in [6.07, 6.45) is 0. The number of para-hydroxylation sites is 1. The van der Waals surface area contributed by atoms with Crippen LogP contribution in [0.3, 0.4) is 0 Å². The van der Waals surface area contributed by atoms with Gasteiger partial charge in [-0.15, -0.1) is 0 Å². The number of aromatic nitrogens is 1. The van der Waals surface area contributed by atoms with E-state index in [1.165, 1.54) is 48.1 Å². The van der Waals surface area contributed by atoms with E-state index in [4.69, 9.17) is 4.74 Å². The molecule has 0 aliphatic heterocycles. The molecule has 1 aromatic heterocycles. The van der Waals surface area contributed by atoms with Crippen molar-refractivity contribution in [3.8, 4) is 11.4 Å². The SMILES string of the molecule is COc1cccc(-n2c3ccccc3c3cc([Si](c4ccccc4)(c4ccccc4)c4ccc(C)cc4)ccc32)c1. The maximum absolute atomic E-state index is 5.59. The molecule has 7 rings (SSSR count). The second-order valence-corrected chi connectivity index (χ2v) is 14.4. The van der Waals surface area contributed by atoms with Gasteiger partial charge in [-0.25, -0.2) is 0 Å². The summed E-state index contributed by atoms with van der Waals surface area (Å²) in [5, 5.41) is 8.03. The Morgan fingerprint density at radius 1 is 0.488 bits per heavy atom. The van der Waals surface area contributed by atoms with Crippen molar-refractivity contribution in [1.82, 2.24) is 4.57 Å². The van der Waals surface area contributed by atoms with Gasteiger partial charge in [0.05, 0.1) is 18.1 Å². The summed E-state index contributed by atoms with van der Waals surface area (Å²) < 4.78 is 7.95. The number of fused-ring (bicyclic) bond motifs is 3. The average molecular weight is 546 g/mol. The highest BCUT2D eigenvalue weighted by molar-refractivity contribution is 7.20. The van der Waals surface area contributed by atoms with Crippen molar-refractivity contribution in [3.05, 3.63) is 157 Å². The lowest BCUT2D eigenvalue weighted by Crippen LogP contribution is -2.74. The van der Waals surface area contributed by atoms with E-state index in [0.29, 0.717) is 0 Å². The minimum absolute atomic E-state index is 0.851. The molecule has 0 spiro atoms. The van der Waals surface area contributed by atoms with Gasteiger partial charge in [-0.1, -0.05) is 127 Å². The van der Waals surface area contributed by atoms with Gasteiger partial charge in [-0.2, -0.15) is 0 Å². The van der Waals surface area contributed by atoms with Crippen LogP contribution in [-0.4, -0.2) is 19.8 Å². The smallest absolute Gasteiger partial charge is 0.179 e. The molecule has 0 atom stereocenters. The standard InChI is InChI=1S/C38H31NOSi/c1-28-20-22-33(23-21-28)41(31-14-5-3-6-15-31,32-16-7-4-8-17-32)34-24-25-38-36(27-34)35-18-9-10-19-37(35)39(38)29-12-11-13-30(26-29)40-2/h3-27H,1-2H3. The molecule has 0 unspecified atom stereocenters. The molecule has 0 aliphatic rings. The summed E-state index contributed by atoms with van der Waals surface area (Å²) in [5.74, 6) is 0.851. The number of hydrogen-bond acceptors (Lipinski definition) is 1. The molecular weight excluding hydrogens is 515 g/mol. The molecule has 3 heteroatoms. The molecule has 0 saturated heterocycles. The fraction of sp³-hybridized carbons (Fsp3) is 0.0526. The van der Waals surface area contributed by atoms with Gasteiger partial charge in [0.2, 0.25) is 0 Å². The van der Waals surface area contributed by atoms with Crippen LogP contribution in [-0.2, 0) is 0 Å². The van der Waals surface area contributed by atoms with Gasteiger partial charge in [0.1, 0.15) is 5.75 Å². The second-order valence-electron chi connectivity index (χ2n) is 10.6. The van der Waals surface area contributed by atoms with Crippen molar-refractivity contribution in [2.45, 2.75) is 6.92 Å². The van der Waals surface area contributed by atoms with Gasteiger partial charge in [-0.3, -0.25) is 0 Å². The van der Waals surface area contributed by atoms with Crippen LogP contribution in [0.25, 0.3) is 27.5 Å². The Morgan fingerprint density at radius 3 is 1.76 bits per heavy atom. The van der Waals surface area contributed by atoms with E-state index in [1.54, 1.807) is 7.11 Å². The van der Waals surface area contributed by atoms with Crippen LogP contribution in [0.2, 0.25) is 0 Å². The third-order valence-electron chi connectivity index (χ3n) is 8.32. The Labute approximate surface area is 242 Å². The maximum Gasteiger partial charge on any atom is 0.179 e. The number of aryl methyl sites for hydroxylation is 1. The molecule has 0 aliphatic carbocycles. The summed E-state index contributed by atoms with van der Waals surface area (Å²) in [4.78, 5) is 0. The quantitative estimate of drug-likeness (QED) is 0.172. The number of ether oxygens (including phenoxy) is 1. The highest BCUT2D eigenvalue weighted by atomic mass is 28.3. The first-order valence-corrected chi connectivity index (χ1v) is 16.1. The van der Waals surface area contributed by atoms with Gasteiger partial charge < -0.3 is 9.30 Å². The maximum atomic E-state index is 5.59. The van der Waals surface area contributed by atoms with Crippen LogP contribution >= 0.6 is 0 Å². The molecule has 0 fully saturated rings. The lowest BCUT2D eigenvalue weighted by Gasteiger charge is -2.34. The highest BCUT2D eigenvalue weighted by Crippen LogP contribution is 2.33. The van der Waals surface area contributed by atoms with Gasteiger partial charge >= 0.3 is 0 Å². The van der Waals surface area contributed by atoms with E-state index in [0.717, 1.165) is 11.4 Å². The van der Waals surface area contributed by atoms with Gasteiger partial charge in [0, 0.05) is 22.5 Å². The van der Waals surface area contributed by atoms with Crippen LogP contribution in [0.15, 0.2) is 152 Å². The molecule has 0 bridgehead atoms. The monoisotopic (exact) mass is 545 g/mol. The largest absolute Gasteiger partial charge is 0.497 e. The Bertz CT molecular complexity index is 1940. The van der Waals surface area contributed by atoms with Crippen molar-refractivity contribution in [2.24, 2.45) is 0 Å². The third kappa shape index (κ3) is 4.09. The third-order valence-corrected chi connectivity index (χ3v) is 13.1. The molecule has 6 aromatic carbocycles. The minimum atomic E-state index is -2.64. The summed E-state index contributed by atoms with van der Waals surface area (Å²) in [7, 11) is -0.920. The molecule has 2 nitrogen and oxygen atoms in total. The van der Waals surface area contributed by atoms with Crippen LogP contribution in [0.1, 0.15) is 5.56 Å². The van der Waals surface area contributed by atoms with Crippen LogP contribution in [0, 0.1) is 6.92 Å². The van der Waals surface area contributed by atoms with E-state index in [1.807, 2.05) is 6.07 Å². The fourth-order valence-corrected chi connectivity index (χ4v) is 11.2. The molecule has 0 saturated carbocycles. The van der Waals surface area contributed by atoms with Crippen LogP contribution in [0.4, 0.5) is 0 Å². The van der Waals surface area contributed by atoms with E-state index < -0.39 is 8.07 Å². The number of benzene rings is 6. The summed E-state index contributed by atoms with van der Waals surface area (Å²) in [6, 6.07) is 55.7. The zero-order valence-electron chi connectivity index (χ0n) is 23.3. The van der Waals surface area contributed by atoms with Crippen molar-refractivity contribution < 1.29 is 4.74 Å². The van der Waals surface area contributed by atoms with Gasteiger partial charge in [0.25, 0.3) is 0 Å². The van der Waals surface area contributed by atoms with Crippen LogP contribution in [0.5, 0.6) is 5.75 Å². The van der Waals surface area contributed by atoms with E-state index in [-0.39, 0.29) is 0 Å². The molecule has 0 amide bonds. The first-order chi connectivity index (χ1) is 20.2. The van der Waals surface area contributed by atoms with Crippen molar-refractivity contribution >= 4 is 50.6 Å². The van der Waals surface area contributed by atoms with Gasteiger partial charge in [-0.05, 0) is 51.9 Å². The number of nitrogens with zero attached hydrogens (tertiary/aromatic N) is 1. The Kier molecular flexibility index (Phi) is 6.30. The minimum Gasteiger partial charge on any atom is -0.497 e. The normalized spacial score (nSPS) is 11.7. The number of methoxy groups -OCH3 is 1. The molecular formula is C38H31NOSi. The van der Waals surface area contributed by atoms with E-state index >= 15 is 0 Å². The summed E-state index contributed by atoms with van der Waals surface area (Å²) in [5.41, 5.74) is 4.75.